The molecule has 1 heterocycles. The van der Waals surface area contributed by atoms with Gasteiger partial charge in [0.25, 0.3) is 11.8 Å². The second-order valence-corrected chi connectivity index (χ2v) is 7.21. The second-order valence-electron chi connectivity index (χ2n) is 7.21. The third-order valence-corrected chi connectivity index (χ3v) is 5.16. The van der Waals surface area contributed by atoms with Gasteiger partial charge in [0.15, 0.2) is 0 Å². The van der Waals surface area contributed by atoms with E-state index in [2.05, 4.69) is 16.7 Å². The minimum absolute atomic E-state index is 0.101. The minimum atomic E-state index is -0.131. The lowest BCUT2D eigenvalue weighted by atomic mass is 9.98. The van der Waals surface area contributed by atoms with Gasteiger partial charge < -0.3 is 20.1 Å². The molecule has 6 nitrogen and oxygen atoms in total. The van der Waals surface area contributed by atoms with E-state index < -0.39 is 0 Å². The van der Waals surface area contributed by atoms with Crippen LogP contribution < -0.4 is 10.6 Å². The van der Waals surface area contributed by atoms with Crippen molar-refractivity contribution in [1.82, 2.24) is 10.6 Å². The van der Waals surface area contributed by atoms with Crippen LogP contribution in [0.25, 0.3) is 21.9 Å². The number of carbonyl (C=O) groups excluding carboxylic acids is 2. The van der Waals surface area contributed by atoms with Crippen molar-refractivity contribution < 1.29 is 19.1 Å². The summed E-state index contributed by atoms with van der Waals surface area (Å²) in [7, 11) is 1.62. The second kappa shape index (κ2) is 9.07. The van der Waals surface area contributed by atoms with Crippen molar-refractivity contribution in [2.75, 3.05) is 33.4 Å². The third kappa shape index (κ3) is 4.50. The molecule has 1 fully saturated rings. The normalized spacial score (nSPS) is 16.2. The lowest BCUT2D eigenvalue weighted by Crippen LogP contribution is -2.39. The van der Waals surface area contributed by atoms with Gasteiger partial charge in [0.1, 0.15) is 0 Å². The molecule has 154 valence electrons. The first kappa shape index (κ1) is 20.1. The van der Waals surface area contributed by atoms with Crippen molar-refractivity contribution in [2.24, 2.45) is 0 Å². The Hall–Kier alpha value is -3.22. The Morgan fingerprint density at radius 3 is 2.47 bits per heavy atom. The van der Waals surface area contributed by atoms with E-state index in [9.17, 15) is 9.59 Å². The molecule has 1 aliphatic rings. The lowest BCUT2D eigenvalue weighted by molar-refractivity contribution is -0.0855. The van der Waals surface area contributed by atoms with Crippen LogP contribution in [0.1, 0.15) is 20.7 Å². The molecule has 2 N–H and O–H groups in total. The van der Waals surface area contributed by atoms with Crippen LogP contribution in [0.3, 0.4) is 0 Å². The summed E-state index contributed by atoms with van der Waals surface area (Å²) in [4.78, 5) is 24.4. The maximum absolute atomic E-state index is 12.5. The number of benzene rings is 3. The molecule has 3 aromatic carbocycles. The molecule has 0 aromatic heterocycles. The first-order valence-electron chi connectivity index (χ1n) is 9.98. The number of ether oxygens (including phenoxy) is 2. The van der Waals surface area contributed by atoms with E-state index in [1.54, 1.807) is 13.1 Å². The first-order valence-corrected chi connectivity index (χ1v) is 9.98. The molecule has 0 aliphatic carbocycles. The van der Waals surface area contributed by atoms with Gasteiger partial charge in [-0.05, 0) is 52.2 Å². The van der Waals surface area contributed by atoms with Gasteiger partial charge in [-0.3, -0.25) is 9.59 Å². The largest absolute Gasteiger partial charge is 0.376 e. The van der Waals surface area contributed by atoms with Crippen molar-refractivity contribution in [3.8, 4) is 11.1 Å². The zero-order chi connectivity index (χ0) is 20.9. The standard InChI is InChI=1S/C24H24N2O4/c1-25-23(27)20-4-2-3-16(12-20)17-5-6-19-13-21(8-7-18(19)11-17)24(28)26-14-22-15-29-9-10-30-22/h2-8,11-13,22H,9-10,14-15H2,1H3,(H,25,27)(H,26,28). The van der Waals surface area contributed by atoms with Crippen LogP contribution in [0.4, 0.5) is 0 Å². The van der Waals surface area contributed by atoms with Crippen molar-refractivity contribution >= 4 is 22.6 Å². The third-order valence-electron chi connectivity index (χ3n) is 5.16. The Balaban J connectivity index is 1.51. The number of amides is 2. The SMILES string of the molecule is CNC(=O)c1cccc(-c2ccc3cc(C(=O)NCC4COCCO4)ccc3c2)c1. The quantitative estimate of drug-likeness (QED) is 0.685. The molecule has 2 amide bonds. The molecule has 0 saturated carbocycles. The number of fused-ring (bicyclic) bond motifs is 1. The summed E-state index contributed by atoms with van der Waals surface area (Å²) in [6.45, 7) is 2.09. The smallest absolute Gasteiger partial charge is 0.251 e. The molecule has 0 bridgehead atoms. The van der Waals surface area contributed by atoms with E-state index in [0.29, 0.717) is 37.5 Å². The van der Waals surface area contributed by atoms with Crippen LogP contribution in [0, 0.1) is 0 Å². The van der Waals surface area contributed by atoms with Gasteiger partial charge in [0.2, 0.25) is 0 Å². The fourth-order valence-electron chi connectivity index (χ4n) is 3.51. The summed E-state index contributed by atoms with van der Waals surface area (Å²) < 4.78 is 10.9. The maximum Gasteiger partial charge on any atom is 0.251 e. The number of carbonyl (C=O) groups is 2. The highest BCUT2D eigenvalue weighted by atomic mass is 16.6. The van der Waals surface area contributed by atoms with Crippen molar-refractivity contribution in [3.05, 3.63) is 71.8 Å². The molecule has 0 radical (unpaired) electrons. The average molecular weight is 404 g/mol. The molecule has 6 heteroatoms. The average Bonchev–Trinajstić information content (AvgIpc) is 2.82. The van der Waals surface area contributed by atoms with Gasteiger partial charge >= 0.3 is 0 Å². The molecule has 1 atom stereocenters. The van der Waals surface area contributed by atoms with Crippen molar-refractivity contribution in [2.45, 2.75) is 6.10 Å². The molecule has 1 aliphatic heterocycles. The van der Waals surface area contributed by atoms with Crippen molar-refractivity contribution in [3.63, 3.8) is 0 Å². The fourth-order valence-corrected chi connectivity index (χ4v) is 3.51. The Morgan fingerprint density at radius 2 is 1.67 bits per heavy atom. The summed E-state index contributed by atoms with van der Waals surface area (Å²) >= 11 is 0. The summed E-state index contributed by atoms with van der Waals surface area (Å²) in [5.41, 5.74) is 3.21. The zero-order valence-electron chi connectivity index (χ0n) is 16.8. The maximum atomic E-state index is 12.5. The summed E-state index contributed by atoms with van der Waals surface area (Å²) in [6, 6.07) is 19.2. The van der Waals surface area contributed by atoms with E-state index in [1.807, 2.05) is 48.5 Å². The summed E-state index contributed by atoms with van der Waals surface area (Å²) in [5.74, 6) is -0.244. The van der Waals surface area contributed by atoms with Gasteiger partial charge in [-0.2, -0.15) is 0 Å². The molecule has 1 saturated heterocycles. The molecular weight excluding hydrogens is 380 g/mol. The highest BCUT2D eigenvalue weighted by Crippen LogP contribution is 2.26. The Labute approximate surface area is 175 Å². The number of nitrogens with one attached hydrogen (secondary N) is 2. The highest BCUT2D eigenvalue weighted by Gasteiger charge is 2.16. The van der Waals surface area contributed by atoms with Gasteiger partial charge in [-0.1, -0.05) is 30.3 Å². The predicted octanol–water partition coefficient (Wildman–Crippen LogP) is 3.01. The van der Waals surface area contributed by atoms with Gasteiger partial charge in [0, 0.05) is 24.7 Å². The van der Waals surface area contributed by atoms with Crippen LogP contribution in [-0.2, 0) is 9.47 Å². The topological polar surface area (TPSA) is 76.7 Å². The molecule has 1 unspecified atom stereocenters. The number of rotatable bonds is 5. The lowest BCUT2D eigenvalue weighted by Gasteiger charge is -2.23. The molecule has 0 spiro atoms. The molecule has 4 rings (SSSR count). The van der Waals surface area contributed by atoms with Gasteiger partial charge in [-0.25, -0.2) is 0 Å². The van der Waals surface area contributed by atoms with Crippen LogP contribution in [0.15, 0.2) is 60.7 Å². The monoisotopic (exact) mass is 404 g/mol. The first-order chi connectivity index (χ1) is 14.6. The van der Waals surface area contributed by atoms with E-state index in [-0.39, 0.29) is 17.9 Å². The fraction of sp³-hybridized carbons (Fsp3) is 0.250. The summed E-state index contributed by atoms with van der Waals surface area (Å²) in [5, 5.41) is 7.56. The van der Waals surface area contributed by atoms with E-state index in [1.165, 1.54) is 0 Å². The predicted molar refractivity (Wildman–Crippen MR) is 116 cm³/mol. The minimum Gasteiger partial charge on any atom is -0.376 e. The summed E-state index contributed by atoms with van der Waals surface area (Å²) in [6.07, 6.45) is -0.101. The Bertz CT molecular complexity index is 1070. The molecular formula is C24H24N2O4. The van der Waals surface area contributed by atoms with Crippen LogP contribution in [-0.4, -0.2) is 51.3 Å². The van der Waals surface area contributed by atoms with Crippen LogP contribution in [0.2, 0.25) is 0 Å². The van der Waals surface area contributed by atoms with Crippen LogP contribution in [0.5, 0.6) is 0 Å². The molecule has 30 heavy (non-hydrogen) atoms. The van der Waals surface area contributed by atoms with E-state index >= 15 is 0 Å². The van der Waals surface area contributed by atoms with Crippen LogP contribution >= 0.6 is 0 Å². The Morgan fingerprint density at radius 1 is 0.900 bits per heavy atom. The Kier molecular flexibility index (Phi) is 6.07. The number of hydrogen-bond acceptors (Lipinski definition) is 4. The highest BCUT2D eigenvalue weighted by molar-refractivity contribution is 5.99. The van der Waals surface area contributed by atoms with E-state index in [0.717, 1.165) is 21.9 Å². The van der Waals surface area contributed by atoms with Gasteiger partial charge in [-0.15, -0.1) is 0 Å². The van der Waals surface area contributed by atoms with E-state index in [4.69, 9.17) is 9.47 Å². The molecule has 3 aromatic rings. The number of hydrogen-bond donors (Lipinski definition) is 2. The van der Waals surface area contributed by atoms with Gasteiger partial charge in [0.05, 0.1) is 25.9 Å². The zero-order valence-corrected chi connectivity index (χ0v) is 16.8. The van der Waals surface area contributed by atoms with Crippen molar-refractivity contribution in [1.29, 1.82) is 0 Å².